The molecule has 17 heavy (non-hydrogen) atoms. The lowest BCUT2D eigenvalue weighted by atomic mass is 10.2. The van der Waals surface area contributed by atoms with E-state index < -0.39 is 0 Å². The highest BCUT2D eigenvalue weighted by Gasteiger charge is 2.10. The van der Waals surface area contributed by atoms with Crippen LogP contribution in [0.3, 0.4) is 0 Å². The maximum atomic E-state index is 4.54. The second-order valence-corrected chi connectivity index (χ2v) is 4.71. The summed E-state index contributed by atoms with van der Waals surface area (Å²) in [4.78, 5) is 12.2. The summed E-state index contributed by atoms with van der Waals surface area (Å²) in [6.07, 6.45) is 1.89. The first-order chi connectivity index (χ1) is 8.25. The number of fused-ring (bicyclic) bond motifs is 1. The van der Waals surface area contributed by atoms with Gasteiger partial charge in [0.1, 0.15) is 5.65 Å². The number of nitrogens with one attached hydrogen (secondary N) is 1. The number of rotatable bonds is 1. The van der Waals surface area contributed by atoms with Crippen molar-refractivity contribution < 1.29 is 0 Å². The van der Waals surface area contributed by atoms with Crippen molar-refractivity contribution in [2.45, 2.75) is 6.92 Å². The van der Waals surface area contributed by atoms with Crippen LogP contribution in [0.2, 0.25) is 0 Å². The average molecular weight is 288 g/mol. The zero-order chi connectivity index (χ0) is 11.8. The third kappa shape index (κ3) is 1.74. The number of nitrogens with zero attached hydrogens (tertiary/aromatic N) is 2. The van der Waals surface area contributed by atoms with E-state index in [4.69, 9.17) is 0 Å². The van der Waals surface area contributed by atoms with Gasteiger partial charge in [-0.1, -0.05) is 30.3 Å². The highest BCUT2D eigenvalue weighted by Crippen LogP contribution is 2.26. The van der Waals surface area contributed by atoms with E-state index in [2.05, 4.69) is 30.9 Å². The molecule has 0 saturated heterocycles. The fourth-order valence-corrected chi connectivity index (χ4v) is 2.47. The molecule has 0 atom stereocenters. The third-order valence-electron chi connectivity index (χ3n) is 2.70. The summed E-state index contributed by atoms with van der Waals surface area (Å²) in [6, 6.07) is 9.99. The van der Waals surface area contributed by atoms with Crippen molar-refractivity contribution in [3.05, 3.63) is 46.7 Å². The lowest BCUT2D eigenvalue weighted by Crippen LogP contribution is -1.93. The zero-order valence-corrected chi connectivity index (χ0v) is 10.8. The Labute approximate surface area is 107 Å². The standard InChI is InChI=1S/C13H10BrN3/c1-8-11-10(14)7-15-13(11)17-12(16-8)9-5-3-2-4-6-9/h2-7H,1H3,(H,15,16,17). The van der Waals surface area contributed by atoms with Crippen LogP contribution in [0.15, 0.2) is 41.0 Å². The van der Waals surface area contributed by atoms with Crippen LogP contribution >= 0.6 is 15.9 Å². The number of H-pyrrole nitrogens is 1. The molecule has 0 aliphatic rings. The van der Waals surface area contributed by atoms with E-state index in [1.54, 1.807) is 0 Å². The summed E-state index contributed by atoms with van der Waals surface area (Å²) in [6.45, 7) is 2.00. The van der Waals surface area contributed by atoms with Crippen molar-refractivity contribution in [3.8, 4) is 11.4 Å². The van der Waals surface area contributed by atoms with Crippen LogP contribution in [0, 0.1) is 6.92 Å². The Morgan fingerprint density at radius 2 is 1.88 bits per heavy atom. The number of halogens is 1. The monoisotopic (exact) mass is 287 g/mol. The summed E-state index contributed by atoms with van der Waals surface area (Å²) < 4.78 is 1.00. The van der Waals surface area contributed by atoms with Gasteiger partial charge in [-0.3, -0.25) is 0 Å². The van der Waals surface area contributed by atoms with Crippen LogP contribution in [0.4, 0.5) is 0 Å². The molecule has 0 spiro atoms. The summed E-state index contributed by atoms with van der Waals surface area (Å²) in [5.41, 5.74) is 2.87. The average Bonchev–Trinajstić information content (AvgIpc) is 2.73. The molecule has 3 aromatic rings. The molecule has 0 aliphatic carbocycles. The van der Waals surface area contributed by atoms with E-state index in [0.717, 1.165) is 32.6 Å². The molecule has 3 rings (SSSR count). The Kier molecular flexibility index (Phi) is 2.44. The van der Waals surface area contributed by atoms with Crippen LogP contribution in [0.1, 0.15) is 5.69 Å². The molecule has 2 aromatic heterocycles. The van der Waals surface area contributed by atoms with Gasteiger partial charge in [-0.2, -0.15) is 0 Å². The fraction of sp³-hybridized carbons (Fsp3) is 0.0769. The van der Waals surface area contributed by atoms with Gasteiger partial charge in [0.15, 0.2) is 5.82 Å². The second-order valence-electron chi connectivity index (χ2n) is 3.86. The number of hydrogen-bond donors (Lipinski definition) is 1. The van der Waals surface area contributed by atoms with Crippen molar-refractivity contribution in [1.82, 2.24) is 15.0 Å². The number of benzene rings is 1. The largest absolute Gasteiger partial charge is 0.345 e. The number of aryl methyl sites for hydroxylation is 1. The molecule has 3 nitrogen and oxygen atoms in total. The second kappa shape index (κ2) is 3.96. The molecule has 84 valence electrons. The molecule has 0 unspecified atom stereocenters. The van der Waals surface area contributed by atoms with Crippen molar-refractivity contribution >= 4 is 27.0 Å². The lowest BCUT2D eigenvalue weighted by molar-refractivity contribution is 1.15. The Balaban J connectivity index is 2.26. The van der Waals surface area contributed by atoms with E-state index in [9.17, 15) is 0 Å². The number of aromatic nitrogens is 3. The molecular weight excluding hydrogens is 278 g/mol. The molecular formula is C13H10BrN3. The molecule has 1 N–H and O–H groups in total. The predicted octanol–water partition coefficient (Wildman–Crippen LogP) is 3.70. The first-order valence-corrected chi connectivity index (χ1v) is 6.11. The molecule has 1 aromatic carbocycles. The minimum atomic E-state index is 0.755. The predicted molar refractivity (Wildman–Crippen MR) is 71.8 cm³/mol. The SMILES string of the molecule is Cc1nc(-c2ccccc2)nc2[nH]cc(Br)c12. The summed E-state index contributed by atoms with van der Waals surface area (Å²) in [5.74, 6) is 0.755. The normalized spacial score (nSPS) is 10.9. The topological polar surface area (TPSA) is 41.6 Å². The van der Waals surface area contributed by atoms with Gasteiger partial charge in [0.25, 0.3) is 0 Å². The third-order valence-corrected chi connectivity index (χ3v) is 3.32. The first kappa shape index (κ1) is 10.5. The van der Waals surface area contributed by atoms with Crippen molar-refractivity contribution in [2.75, 3.05) is 0 Å². The van der Waals surface area contributed by atoms with Crippen LogP contribution in [0.25, 0.3) is 22.4 Å². The van der Waals surface area contributed by atoms with Gasteiger partial charge in [0, 0.05) is 16.2 Å². The first-order valence-electron chi connectivity index (χ1n) is 5.32. The molecule has 0 bridgehead atoms. The van der Waals surface area contributed by atoms with Gasteiger partial charge in [-0.15, -0.1) is 0 Å². The van der Waals surface area contributed by atoms with Crippen LogP contribution < -0.4 is 0 Å². The summed E-state index contributed by atoms with van der Waals surface area (Å²) in [7, 11) is 0. The van der Waals surface area contributed by atoms with Crippen molar-refractivity contribution in [1.29, 1.82) is 0 Å². The van der Waals surface area contributed by atoms with Crippen LogP contribution in [0.5, 0.6) is 0 Å². The molecule has 0 radical (unpaired) electrons. The quantitative estimate of drug-likeness (QED) is 0.742. The van der Waals surface area contributed by atoms with Gasteiger partial charge in [-0.25, -0.2) is 9.97 Å². The highest BCUT2D eigenvalue weighted by atomic mass is 79.9. The highest BCUT2D eigenvalue weighted by molar-refractivity contribution is 9.10. The molecule has 0 amide bonds. The van der Waals surface area contributed by atoms with Gasteiger partial charge < -0.3 is 4.98 Å². The molecule has 4 heteroatoms. The van der Waals surface area contributed by atoms with Crippen LogP contribution in [-0.2, 0) is 0 Å². The minimum absolute atomic E-state index is 0.755. The van der Waals surface area contributed by atoms with E-state index in [-0.39, 0.29) is 0 Å². The Bertz CT molecular complexity index is 674. The molecule has 0 aliphatic heterocycles. The molecule has 0 saturated carbocycles. The Morgan fingerprint density at radius 1 is 1.12 bits per heavy atom. The molecule has 2 heterocycles. The van der Waals surface area contributed by atoms with E-state index in [1.165, 1.54) is 0 Å². The number of aromatic amines is 1. The summed E-state index contributed by atoms with van der Waals surface area (Å²) in [5, 5.41) is 1.05. The van der Waals surface area contributed by atoms with Gasteiger partial charge in [-0.05, 0) is 22.9 Å². The fourth-order valence-electron chi connectivity index (χ4n) is 1.88. The lowest BCUT2D eigenvalue weighted by Gasteiger charge is -2.02. The van der Waals surface area contributed by atoms with Crippen molar-refractivity contribution in [2.24, 2.45) is 0 Å². The van der Waals surface area contributed by atoms with Gasteiger partial charge in [0.05, 0.1) is 11.1 Å². The Hall–Kier alpha value is -1.68. The smallest absolute Gasteiger partial charge is 0.161 e. The minimum Gasteiger partial charge on any atom is -0.345 e. The zero-order valence-electron chi connectivity index (χ0n) is 9.24. The van der Waals surface area contributed by atoms with Crippen LogP contribution in [-0.4, -0.2) is 15.0 Å². The summed E-state index contributed by atoms with van der Waals surface area (Å²) >= 11 is 3.49. The van der Waals surface area contributed by atoms with Crippen molar-refractivity contribution in [3.63, 3.8) is 0 Å². The maximum absolute atomic E-state index is 4.54. The van der Waals surface area contributed by atoms with E-state index in [1.807, 2.05) is 43.5 Å². The Morgan fingerprint density at radius 3 is 2.65 bits per heavy atom. The van der Waals surface area contributed by atoms with Gasteiger partial charge >= 0.3 is 0 Å². The van der Waals surface area contributed by atoms with Gasteiger partial charge in [0.2, 0.25) is 0 Å². The van der Waals surface area contributed by atoms with E-state index in [0.29, 0.717) is 0 Å². The number of hydrogen-bond acceptors (Lipinski definition) is 2. The van der Waals surface area contributed by atoms with E-state index >= 15 is 0 Å². The molecule has 0 fully saturated rings. The maximum Gasteiger partial charge on any atom is 0.161 e.